The SMILES string of the molecule is O=C(Cc1ccccc1F)Nc1ccc2c(c1)CN(CC#Cc1ccccc1)CC2. The summed E-state index contributed by atoms with van der Waals surface area (Å²) in [5.74, 6) is 5.88. The Hall–Kier alpha value is -3.42. The molecule has 0 unspecified atom stereocenters. The Bertz CT molecular complexity index is 1100. The minimum absolute atomic E-state index is 0.0188. The van der Waals surface area contributed by atoms with Crippen molar-refractivity contribution in [3.05, 3.63) is 101 Å². The summed E-state index contributed by atoms with van der Waals surface area (Å²) in [6.45, 7) is 2.48. The Morgan fingerprint density at radius 2 is 1.80 bits per heavy atom. The maximum Gasteiger partial charge on any atom is 0.228 e. The molecule has 3 aromatic rings. The number of benzene rings is 3. The lowest BCUT2D eigenvalue weighted by Crippen LogP contribution is -2.31. The average Bonchev–Trinajstić information content (AvgIpc) is 2.76. The summed E-state index contributed by atoms with van der Waals surface area (Å²) < 4.78 is 13.8. The van der Waals surface area contributed by atoms with Crippen LogP contribution in [-0.4, -0.2) is 23.9 Å². The third-order valence-electron chi connectivity index (χ3n) is 5.20. The monoisotopic (exact) mass is 398 g/mol. The molecule has 1 heterocycles. The second kappa shape index (κ2) is 9.39. The van der Waals surface area contributed by atoms with Gasteiger partial charge >= 0.3 is 0 Å². The predicted molar refractivity (Wildman–Crippen MR) is 117 cm³/mol. The van der Waals surface area contributed by atoms with Crippen molar-refractivity contribution in [2.45, 2.75) is 19.4 Å². The summed E-state index contributed by atoms with van der Waals surface area (Å²) in [6, 6.07) is 22.4. The molecule has 1 aliphatic rings. The molecule has 0 saturated heterocycles. The van der Waals surface area contributed by atoms with Crippen molar-refractivity contribution in [1.29, 1.82) is 0 Å². The molecule has 0 spiro atoms. The Labute approximate surface area is 176 Å². The Morgan fingerprint density at radius 3 is 2.63 bits per heavy atom. The molecule has 3 aromatic carbocycles. The second-order valence-corrected chi connectivity index (χ2v) is 7.43. The number of amides is 1. The van der Waals surface area contributed by atoms with Crippen molar-refractivity contribution in [2.75, 3.05) is 18.4 Å². The van der Waals surface area contributed by atoms with E-state index in [0.29, 0.717) is 12.1 Å². The minimum Gasteiger partial charge on any atom is -0.326 e. The van der Waals surface area contributed by atoms with E-state index in [4.69, 9.17) is 0 Å². The highest BCUT2D eigenvalue weighted by Gasteiger charge is 2.16. The Kier molecular flexibility index (Phi) is 6.22. The van der Waals surface area contributed by atoms with Gasteiger partial charge in [0.2, 0.25) is 5.91 Å². The van der Waals surface area contributed by atoms with Crippen LogP contribution in [0.2, 0.25) is 0 Å². The summed E-state index contributed by atoms with van der Waals surface area (Å²) in [6.07, 6.45) is 0.983. The number of hydrogen-bond donors (Lipinski definition) is 1. The zero-order valence-electron chi connectivity index (χ0n) is 16.7. The molecule has 0 bridgehead atoms. The van der Waals surface area contributed by atoms with Crippen LogP contribution in [0, 0.1) is 17.7 Å². The summed E-state index contributed by atoms with van der Waals surface area (Å²) in [5.41, 5.74) is 4.67. The van der Waals surface area contributed by atoms with E-state index >= 15 is 0 Å². The molecular formula is C26H23FN2O. The van der Waals surface area contributed by atoms with Gasteiger partial charge in [-0.3, -0.25) is 9.69 Å². The predicted octanol–water partition coefficient (Wildman–Crippen LogP) is 4.42. The average molecular weight is 398 g/mol. The molecule has 150 valence electrons. The Morgan fingerprint density at radius 1 is 1.00 bits per heavy atom. The van der Waals surface area contributed by atoms with Gasteiger partial charge in [-0.05, 0) is 53.4 Å². The number of halogens is 1. The van der Waals surface area contributed by atoms with Crippen molar-refractivity contribution < 1.29 is 9.18 Å². The normalized spacial score (nSPS) is 13.1. The first-order valence-electron chi connectivity index (χ1n) is 10.1. The maximum atomic E-state index is 13.8. The van der Waals surface area contributed by atoms with Crippen LogP contribution < -0.4 is 5.32 Å². The number of rotatable bonds is 4. The van der Waals surface area contributed by atoms with Gasteiger partial charge in [0.05, 0.1) is 13.0 Å². The molecule has 3 nitrogen and oxygen atoms in total. The van der Waals surface area contributed by atoms with E-state index in [-0.39, 0.29) is 18.1 Å². The number of carbonyl (C=O) groups excluding carboxylic acids is 1. The number of hydrogen-bond acceptors (Lipinski definition) is 2. The molecule has 0 aliphatic carbocycles. The summed E-state index contributed by atoms with van der Waals surface area (Å²) >= 11 is 0. The Balaban J connectivity index is 1.37. The number of carbonyl (C=O) groups is 1. The molecule has 30 heavy (non-hydrogen) atoms. The molecule has 0 radical (unpaired) electrons. The fourth-order valence-corrected chi connectivity index (χ4v) is 3.62. The van der Waals surface area contributed by atoms with E-state index in [2.05, 4.69) is 28.1 Å². The second-order valence-electron chi connectivity index (χ2n) is 7.43. The number of anilines is 1. The first-order chi connectivity index (χ1) is 14.7. The fraction of sp³-hybridized carbons (Fsp3) is 0.192. The summed E-state index contributed by atoms with van der Waals surface area (Å²) in [5, 5.41) is 2.90. The number of fused-ring (bicyclic) bond motifs is 1. The van der Waals surface area contributed by atoms with Crippen molar-refractivity contribution in [1.82, 2.24) is 4.90 Å². The molecule has 0 fully saturated rings. The lowest BCUT2D eigenvalue weighted by Gasteiger charge is -2.27. The molecule has 1 amide bonds. The van der Waals surface area contributed by atoms with Crippen molar-refractivity contribution >= 4 is 11.6 Å². The fourth-order valence-electron chi connectivity index (χ4n) is 3.62. The number of nitrogens with zero attached hydrogens (tertiary/aromatic N) is 1. The molecule has 0 aromatic heterocycles. The van der Waals surface area contributed by atoms with E-state index < -0.39 is 0 Å². The number of nitrogens with one attached hydrogen (secondary N) is 1. The van der Waals surface area contributed by atoms with E-state index in [1.807, 2.05) is 42.5 Å². The van der Waals surface area contributed by atoms with Crippen LogP contribution in [0.15, 0.2) is 72.8 Å². The van der Waals surface area contributed by atoms with Gasteiger partial charge < -0.3 is 5.32 Å². The largest absolute Gasteiger partial charge is 0.326 e. The van der Waals surface area contributed by atoms with Gasteiger partial charge in [-0.1, -0.05) is 54.3 Å². The van der Waals surface area contributed by atoms with E-state index in [0.717, 1.165) is 30.8 Å². The molecule has 4 heteroatoms. The first-order valence-corrected chi connectivity index (χ1v) is 10.1. The van der Waals surface area contributed by atoms with Gasteiger partial charge in [-0.2, -0.15) is 0 Å². The lowest BCUT2D eigenvalue weighted by atomic mass is 9.99. The third-order valence-corrected chi connectivity index (χ3v) is 5.20. The van der Waals surface area contributed by atoms with Crippen LogP contribution in [0.5, 0.6) is 0 Å². The van der Waals surface area contributed by atoms with Crippen LogP contribution >= 0.6 is 0 Å². The highest BCUT2D eigenvalue weighted by atomic mass is 19.1. The zero-order valence-corrected chi connectivity index (χ0v) is 16.7. The standard InChI is InChI=1S/C26H23FN2O/c27-25-11-5-4-10-22(25)18-26(30)28-24-13-12-21-14-16-29(19-23(21)17-24)15-6-9-20-7-2-1-3-8-20/h1-5,7-8,10-13,17H,14-16,18-19H2,(H,28,30). The molecule has 0 atom stereocenters. The van der Waals surface area contributed by atoms with Crippen molar-refractivity contribution in [3.63, 3.8) is 0 Å². The van der Waals surface area contributed by atoms with Gasteiger partial charge in [0.15, 0.2) is 0 Å². The van der Waals surface area contributed by atoms with Crippen LogP contribution in [0.1, 0.15) is 22.3 Å². The molecular weight excluding hydrogens is 375 g/mol. The summed E-state index contributed by atoms with van der Waals surface area (Å²) in [4.78, 5) is 14.6. The van der Waals surface area contributed by atoms with E-state index in [9.17, 15) is 9.18 Å². The van der Waals surface area contributed by atoms with Gasteiger partial charge in [0, 0.05) is 24.3 Å². The molecule has 4 rings (SSSR count). The molecule has 0 saturated carbocycles. The zero-order chi connectivity index (χ0) is 20.8. The quantitative estimate of drug-likeness (QED) is 0.660. The lowest BCUT2D eigenvalue weighted by molar-refractivity contribution is -0.115. The molecule has 1 aliphatic heterocycles. The highest BCUT2D eigenvalue weighted by Crippen LogP contribution is 2.23. The van der Waals surface area contributed by atoms with Gasteiger partial charge in [0.1, 0.15) is 5.82 Å². The molecule has 1 N–H and O–H groups in total. The van der Waals surface area contributed by atoms with Crippen LogP contribution in [0.25, 0.3) is 0 Å². The maximum absolute atomic E-state index is 13.8. The van der Waals surface area contributed by atoms with E-state index in [1.165, 1.54) is 17.2 Å². The minimum atomic E-state index is -0.356. The first kappa shape index (κ1) is 19.9. The van der Waals surface area contributed by atoms with Crippen LogP contribution in [0.3, 0.4) is 0 Å². The van der Waals surface area contributed by atoms with Gasteiger partial charge in [0.25, 0.3) is 0 Å². The van der Waals surface area contributed by atoms with Crippen molar-refractivity contribution in [3.8, 4) is 11.8 Å². The van der Waals surface area contributed by atoms with Gasteiger partial charge in [-0.25, -0.2) is 4.39 Å². The van der Waals surface area contributed by atoms with Gasteiger partial charge in [-0.15, -0.1) is 0 Å². The summed E-state index contributed by atoms with van der Waals surface area (Å²) in [7, 11) is 0. The van der Waals surface area contributed by atoms with Crippen LogP contribution in [0.4, 0.5) is 10.1 Å². The van der Waals surface area contributed by atoms with Crippen molar-refractivity contribution in [2.24, 2.45) is 0 Å². The smallest absolute Gasteiger partial charge is 0.228 e. The third kappa shape index (κ3) is 5.14. The van der Waals surface area contributed by atoms with Crippen LogP contribution in [-0.2, 0) is 24.2 Å². The van der Waals surface area contributed by atoms with E-state index in [1.54, 1.807) is 18.2 Å². The topological polar surface area (TPSA) is 32.3 Å². The highest BCUT2D eigenvalue weighted by molar-refractivity contribution is 5.92.